The molecule has 0 aliphatic rings. The number of halogens is 2. The Morgan fingerprint density at radius 3 is 1.10 bits per heavy atom. The molecule has 0 amide bonds. The molecule has 7 rings (SSSR count). The Hall–Kier alpha value is -5.08. The van der Waals surface area contributed by atoms with Crippen molar-refractivity contribution in [3.63, 3.8) is 0 Å². The van der Waals surface area contributed by atoms with E-state index in [1.807, 2.05) is 24.3 Å². The molecule has 7 aromatic rings. The van der Waals surface area contributed by atoms with E-state index >= 15 is 0 Å². The molecule has 0 saturated heterocycles. The molecule has 0 fully saturated rings. The zero-order chi connectivity index (χ0) is 27.1. The fourth-order valence-electron chi connectivity index (χ4n) is 5.80. The van der Waals surface area contributed by atoms with Gasteiger partial charge in [-0.2, -0.15) is 0 Å². The summed E-state index contributed by atoms with van der Waals surface area (Å²) in [5, 5.41) is 4.57. The van der Waals surface area contributed by atoms with Gasteiger partial charge in [0.25, 0.3) is 0 Å². The summed E-state index contributed by atoms with van der Waals surface area (Å²) in [6.45, 7) is 0. The summed E-state index contributed by atoms with van der Waals surface area (Å²) in [6.07, 6.45) is 0. The van der Waals surface area contributed by atoms with Gasteiger partial charge in [-0.3, -0.25) is 0 Å². The van der Waals surface area contributed by atoms with Crippen LogP contribution in [-0.4, -0.2) is 0 Å². The summed E-state index contributed by atoms with van der Waals surface area (Å²) in [4.78, 5) is 0. The smallest absolute Gasteiger partial charge is 0.123 e. The number of hydrogen-bond acceptors (Lipinski definition) is 0. The van der Waals surface area contributed by atoms with Crippen molar-refractivity contribution in [2.24, 2.45) is 0 Å². The summed E-state index contributed by atoms with van der Waals surface area (Å²) < 4.78 is 28.7. The lowest BCUT2D eigenvalue weighted by Crippen LogP contribution is -1.92. The van der Waals surface area contributed by atoms with E-state index in [0.717, 1.165) is 60.5 Å². The maximum Gasteiger partial charge on any atom is 0.123 e. The van der Waals surface area contributed by atoms with Crippen molar-refractivity contribution in [2.75, 3.05) is 0 Å². The molecule has 0 unspecified atom stereocenters. The molecule has 7 aromatic carbocycles. The van der Waals surface area contributed by atoms with Crippen LogP contribution in [0.25, 0.3) is 66.1 Å². The minimum atomic E-state index is -0.293. The van der Waals surface area contributed by atoms with Crippen LogP contribution < -0.4 is 0 Å². The van der Waals surface area contributed by atoms with Gasteiger partial charge in [0.05, 0.1) is 0 Å². The summed E-state index contributed by atoms with van der Waals surface area (Å²) in [5.74, 6) is -0.586. The first-order chi connectivity index (χ1) is 19.7. The van der Waals surface area contributed by atoms with Crippen LogP contribution in [0.2, 0.25) is 0 Å². The van der Waals surface area contributed by atoms with Gasteiger partial charge in [-0.1, -0.05) is 103 Å². The fourth-order valence-corrected chi connectivity index (χ4v) is 5.80. The highest BCUT2D eigenvalue weighted by Gasteiger charge is 2.18. The maximum atomic E-state index is 14.3. The van der Waals surface area contributed by atoms with Gasteiger partial charge in [-0.05, 0) is 109 Å². The summed E-state index contributed by atoms with van der Waals surface area (Å²) in [7, 11) is 0. The van der Waals surface area contributed by atoms with Crippen molar-refractivity contribution < 1.29 is 8.78 Å². The van der Waals surface area contributed by atoms with Crippen molar-refractivity contribution in [1.29, 1.82) is 0 Å². The van der Waals surface area contributed by atoms with E-state index in [4.69, 9.17) is 0 Å². The predicted octanol–water partition coefficient (Wildman–Crippen LogP) is 10.9. The topological polar surface area (TPSA) is 0 Å². The van der Waals surface area contributed by atoms with Gasteiger partial charge < -0.3 is 0 Å². The monoisotopic (exact) mass is 518 g/mol. The van der Waals surface area contributed by atoms with Crippen LogP contribution in [0.4, 0.5) is 8.78 Å². The van der Waals surface area contributed by atoms with E-state index in [0.29, 0.717) is 0 Å². The van der Waals surface area contributed by atoms with Crippen LogP contribution >= 0.6 is 0 Å². The minimum Gasteiger partial charge on any atom is -0.207 e. The molecule has 0 saturated carbocycles. The Morgan fingerprint density at radius 1 is 0.275 bits per heavy atom. The van der Waals surface area contributed by atoms with Crippen LogP contribution in [0.15, 0.2) is 146 Å². The molecule has 0 radical (unpaired) electrons. The number of benzene rings is 7. The van der Waals surface area contributed by atoms with E-state index in [-0.39, 0.29) is 11.6 Å². The lowest BCUT2D eigenvalue weighted by Gasteiger charge is -2.19. The SMILES string of the molecule is Fc1cccc(-c2cc(-c3cccc(F)c3)cc(-c3c4ccccc4c(-c4ccccc4)c4ccccc34)c2)c1. The minimum absolute atomic E-state index is 0.293. The zero-order valence-electron chi connectivity index (χ0n) is 21.6. The molecule has 0 heterocycles. The van der Waals surface area contributed by atoms with Crippen LogP contribution in [0, 0.1) is 11.6 Å². The second kappa shape index (κ2) is 9.91. The highest BCUT2D eigenvalue weighted by atomic mass is 19.1. The lowest BCUT2D eigenvalue weighted by molar-refractivity contribution is 0.628. The van der Waals surface area contributed by atoms with Gasteiger partial charge in [0.1, 0.15) is 11.6 Å². The third-order valence-electron chi connectivity index (χ3n) is 7.53. The van der Waals surface area contributed by atoms with E-state index in [9.17, 15) is 8.78 Å². The molecule has 0 nitrogen and oxygen atoms in total. The first-order valence-corrected chi connectivity index (χ1v) is 13.3. The van der Waals surface area contributed by atoms with Gasteiger partial charge in [0.2, 0.25) is 0 Å². The number of fused-ring (bicyclic) bond motifs is 2. The van der Waals surface area contributed by atoms with E-state index in [2.05, 4.69) is 84.9 Å². The maximum absolute atomic E-state index is 14.3. The van der Waals surface area contributed by atoms with Crippen molar-refractivity contribution in [1.82, 2.24) is 0 Å². The van der Waals surface area contributed by atoms with Crippen molar-refractivity contribution in [3.05, 3.63) is 157 Å². The normalized spacial score (nSPS) is 11.2. The van der Waals surface area contributed by atoms with E-state index < -0.39 is 0 Å². The Balaban J connectivity index is 1.59. The quantitative estimate of drug-likeness (QED) is 0.203. The highest BCUT2D eigenvalue weighted by Crippen LogP contribution is 2.45. The van der Waals surface area contributed by atoms with E-state index in [1.54, 1.807) is 24.3 Å². The average Bonchev–Trinajstić information content (AvgIpc) is 3.00. The molecular weight excluding hydrogens is 494 g/mol. The summed E-state index contributed by atoms with van der Waals surface area (Å²) >= 11 is 0. The fraction of sp³-hybridized carbons (Fsp3) is 0. The van der Waals surface area contributed by atoms with Gasteiger partial charge in [-0.25, -0.2) is 8.78 Å². The van der Waals surface area contributed by atoms with Crippen molar-refractivity contribution in [3.8, 4) is 44.5 Å². The van der Waals surface area contributed by atoms with Gasteiger partial charge >= 0.3 is 0 Å². The van der Waals surface area contributed by atoms with E-state index in [1.165, 1.54) is 17.7 Å². The lowest BCUT2D eigenvalue weighted by atomic mass is 9.84. The van der Waals surface area contributed by atoms with Gasteiger partial charge in [0, 0.05) is 0 Å². The number of rotatable bonds is 4. The van der Waals surface area contributed by atoms with Gasteiger partial charge in [-0.15, -0.1) is 0 Å². The summed E-state index contributed by atoms with van der Waals surface area (Å²) in [6, 6.07) is 47.0. The Morgan fingerprint density at radius 2 is 0.650 bits per heavy atom. The Bertz CT molecular complexity index is 1900. The first-order valence-electron chi connectivity index (χ1n) is 13.3. The Labute approximate surface area is 231 Å². The molecule has 0 aromatic heterocycles. The second-order valence-electron chi connectivity index (χ2n) is 10.0. The summed E-state index contributed by atoms with van der Waals surface area (Å²) in [5.41, 5.74) is 7.74. The average molecular weight is 519 g/mol. The molecule has 40 heavy (non-hydrogen) atoms. The van der Waals surface area contributed by atoms with Crippen molar-refractivity contribution in [2.45, 2.75) is 0 Å². The molecule has 2 heteroatoms. The Kier molecular flexibility index (Phi) is 5.94. The second-order valence-corrected chi connectivity index (χ2v) is 10.0. The molecule has 0 aliphatic heterocycles. The standard InChI is InChI=1S/C38H24F2/c39-31-14-8-12-26(23-31)28-20-29(27-13-9-15-32(40)24-27)22-30(21-28)38-35-18-6-4-16-33(35)37(25-10-2-1-3-11-25)34-17-5-7-19-36(34)38/h1-24H. The number of hydrogen-bond donors (Lipinski definition) is 0. The van der Waals surface area contributed by atoms with Gasteiger partial charge in [0.15, 0.2) is 0 Å². The molecule has 190 valence electrons. The van der Waals surface area contributed by atoms with Crippen LogP contribution in [0.3, 0.4) is 0 Å². The third-order valence-corrected chi connectivity index (χ3v) is 7.53. The largest absolute Gasteiger partial charge is 0.207 e. The third kappa shape index (κ3) is 4.24. The molecular formula is C38H24F2. The van der Waals surface area contributed by atoms with Crippen molar-refractivity contribution >= 4 is 21.5 Å². The van der Waals surface area contributed by atoms with Crippen LogP contribution in [0.5, 0.6) is 0 Å². The highest BCUT2D eigenvalue weighted by molar-refractivity contribution is 6.21. The molecule has 0 spiro atoms. The van der Waals surface area contributed by atoms with Crippen LogP contribution in [-0.2, 0) is 0 Å². The molecule has 0 N–H and O–H groups in total. The van der Waals surface area contributed by atoms with Crippen LogP contribution in [0.1, 0.15) is 0 Å². The predicted molar refractivity (Wildman–Crippen MR) is 163 cm³/mol. The first kappa shape index (κ1) is 24.0. The zero-order valence-corrected chi connectivity index (χ0v) is 21.6. The molecule has 0 bridgehead atoms. The molecule has 0 aliphatic carbocycles. The molecule has 0 atom stereocenters.